The first kappa shape index (κ1) is 16.1. The second-order valence-corrected chi connectivity index (χ2v) is 4.30. The second kappa shape index (κ2) is 9.06. The van der Waals surface area contributed by atoms with Gasteiger partial charge in [0.05, 0.1) is 25.6 Å². The molecule has 1 atom stereocenters. The number of aliphatic carboxylic acids is 1. The van der Waals surface area contributed by atoms with Crippen molar-refractivity contribution < 1.29 is 19.4 Å². The maximum Gasteiger partial charge on any atom is 0.305 e. The zero-order valence-corrected chi connectivity index (χ0v) is 11.5. The highest BCUT2D eigenvalue weighted by Gasteiger charge is 2.17. The van der Waals surface area contributed by atoms with Crippen molar-refractivity contribution in [1.82, 2.24) is 10.6 Å². The lowest BCUT2D eigenvalue weighted by molar-refractivity contribution is -0.137. The number of amides is 1. The number of ether oxygens (including phenoxy) is 1. The summed E-state index contributed by atoms with van der Waals surface area (Å²) < 4.78 is 4.85. The molecule has 0 spiro atoms. The summed E-state index contributed by atoms with van der Waals surface area (Å²) in [6.07, 6.45) is -0.145. The molecule has 0 heterocycles. The van der Waals surface area contributed by atoms with Gasteiger partial charge < -0.3 is 20.5 Å². The fourth-order valence-corrected chi connectivity index (χ4v) is 1.73. The summed E-state index contributed by atoms with van der Waals surface area (Å²) in [5.41, 5.74) is 0.778. The summed E-state index contributed by atoms with van der Waals surface area (Å²) in [6, 6.07) is 8.54. The Morgan fingerprint density at radius 3 is 2.60 bits per heavy atom. The number of carbonyl (C=O) groups is 2. The van der Waals surface area contributed by atoms with Crippen LogP contribution < -0.4 is 10.6 Å². The minimum atomic E-state index is -0.952. The number of carboxylic acids is 1. The summed E-state index contributed by atoms with van der Waals surface area (Å²) in [5.74, 6) is -1.19. The van der Waals surface area contributed by atoms with Crippen molar-refractivity contribution in [3.63, 3.8) is 0 Å². The minimum Gasteiger partial charge on any atom is -0.481 e. The maximum absolute atomic E-state index is 11.8. The first-order valence-corrected chi connectivity index (χ1v) is 6.39. The molecule has 0 saturated heterocycles. The predicted molar refractivity (Wildman–Crippen MR) is 74.3 cm³/mol. The topological polar surface area (TPSA) is 87.7 Å². The van der Waals surface area contributed by atoms with E-state index in [-0.39, 0.29) is 18.9 Å². The Bertz CT molecular complexity index is 422. The Morgan fingerprint density at radius 1 is 1.30 bits per heavy atom. The van der Waals surface area contributed by atoms with Crippen molar-refractivity contribution in [2.45, 2.75) is 12.5 Å². The summed E-state index contributed by atoms with van der Waals surface area (Å²) >= 11 is 0. The highest BCUT2D eigenvalue weighted by atomic mass is 16.5. The van der Waals surface area contributed by atoms with Gasteiger partial charge in [-0.2, -0.15) is 0 Å². The molecule has 1 aromatic rings. The van der Waals surface area contributed by atoms with Crippen LogP contribution in [0.15, 0.2) is 30.3 Å². The third-order valence-electron chi connectivity index (χ3n) is 2.68. The fraction of sp³-hybridized carbons (Fsp3) is 0.429. The maximum atomic E-state index is 11.8. The van der Waals surface area contributed by atoms with Crippen LogP contribution in [-0.4, -0.2) is 43.8 Å². The summed E-state index contributed by atoms with van der Waals surface area (Å²) in [5, 5.41) is 14.6. The molecule has 110 valence electrons. The van der Waals surface area contributed by atoms with Crippen LogP contribution in [0.2, 0.25) is 0 Å². The van der Waals surface area contributed by atoms with E-state index >= 15 is 0 Å². The molecule has 1 amide bonds. The van der Waals surface area contributed by atoms with Crippen LogP contribution in [0.5, 0.6) is 0 Å². The van der Waals surface area contributed by atoms with E-state index < -0.39 is 12.0 Å². The van der Waals surface area contributed by atoms with E-state index in [0.717, 1.165) is 5.56 Å². The van der Waals surface area contributed by atoms with Gasteiger partial charge in [0.1, 0.15) is 0 Å². The molecule has 6 nitrogen and oxygen atoms in total. The zero-order chi connectivity index (χ0) is 14.8. The van der Waals surface area contributed by atoms with E-state index in [0.29, 0.717) is 13.2 Å². The van der Waals surface area contributed by atoms with Crippen LogP contribution in [0.25, 0.3) is 0 Å². The number of benzene rings is 1. The normalized spacial score (nSPS) is 11.8. The van der Waals surface area contributed by atoms with Crippen LogP contribution in [0, 0.1) is 0 Å². The minimum absolute atomic E-state index is 0.131. The number of carbonyl (C=O) groups excluding carboxylic acids is 1. The first-order chi connectivity index (χ1) is 9.63. The Balaban J connectivity index is 2.52. The van der Waals surface area contributed by atoms with Crippen molar-refractivity contribution in [2.24, 2.45) is 0 Å². The monoisotopic (exact) mass is 280 g/mol. The molecule has 0 bridgehead atoms. The molecule has 0 fully saturated rings. The third-order valence-corrected chi connectivity index (χ3v) is 2.68. The van der Waals surface area contributed by atoms with Crippen molar-refractivity contribution in [3.05, 3.63) is 35.9 Å². The number of methoxy groups -OCH3 is 1. The molecule has 0 saturated carbocycles. The third kappa shape index (κ3) is 6.31. The molecule has 20 heavy (non-hydrogen) atoms. The highest BCUT2D eigenvalue weighted by molar-refractivity contribution is 5.79. The Hall–Kier alpha value is -1.92. The molecule has 1 rings (SSSR count). The van der Waals surface area contributed by atoms with Gasteiger partial charge in [-0.25, -0.2) is 0 Å². The average Bonchev–Trinajstić information content (AvgIpc) is 2.43. The quantitative estimate of drug-likeness (QED) is 0.575. The van der Waals surface area contributed by atoms with Crippen LogP contribution in [0.1, 0.15) is 18.0 Å². The number of carboxylic acid groups (broad SMARTS) is 1. The smallest absolute Gasteiger partial charge is 0.305 e. The lowest BCUT2D eigenvalue weighted by atomic mass is 10.0. The number of hydrogen-bond donors (Lipinski definition) is 3. The van der Waals surface area contributed by atoms with Crippen molar-refractivity contribution >= 4 is 11.9 Å². The van der Waals surface area contributed by atoms with Gasteiger partial charge >= 0.3 is 5.97 Å². The van der Waals surface area contributed by atoms with Gasteiger partial charge in [-0.15, -0.1) is 0 Å². The van der Waals surface area contributed by atoms with E-state index in [1.54, 1.807) is 19.2 Å². The molecule has 1 unspecified atom stereocenters. The highest BCUT2D eigenvalue weighted by Crippen LogP contribution is 2.16. The summed E-state index contributed by atoms with van der Waals surface area (Å²) in [4.78, 5) is 22.6. The molecule has 0 aliphatic rings. The first-order valence-electron chi connectivity index (χ1n) is 6.39. The lowest BCUT2D eigenvalue weighted by Crippen LogP contribution is -2.38. The molecule has 3 N–H and O–H groups in total. The number of hydrogen-bond acceptors (Lipinski definition) is 4. The van der Waals surface area contributed by atoms with E-state index in [4.69, 9.17) is 9.84 Å². The van der Waals surface area contributed by atoms with E-state index in [9.17, 15) is 9.59 Å². The Labute approximate surface area is 118 Å². The molecule has 6 heteroatoms. The number of nitrogens with one attached hydrogen (secondary N) is 2. The van der Waals surface area contributed by atoms with Gasteiger partial charge in [0, 0.05) is 13.7 Å². The zero-order valence-electron chi connectivity index (χ0n) is 11.5. The molecule has 0 aliphatic heterocycles. The second-order valence-electron chi connectivity index (χ2n) is 4.30. The summed E-state index contributed by atoms with van der Waals surface area (Å²) in [6.45, 7) is 1.22. The molecule has 0 radical (unpaired) electrons. The Morgan fingerprint density at radius 2 is 2.00 bits per heavy atom. The van der Waals surface area contributed by atoms with Crippen molar-refractivity contribution in [1.29, 1.82) is 0 Å². The average molecular weight is 280 g/mol. The molecule has 1 aromatic carbocycles. The van der Waals surface area contributed by atoms with E-state index in [1.807, 2.05) is 18.2 Å². The van der Waals surface area contributed by atoms with Gasteiger partial charge in [-0.1, -0.05) is 30.3 Å². The lowest BCUT2D eigenvalue weighted by Gasteiger charge is -2.17. The summed E-state index contributed by atoms with van der Waals surface area (Å²) in [7, 11) is 1.58. The van der Waals surface area contributed by atoms with Crippen LogP contribution in [0.3, 0.4) is 0 Å². The van der Waals surface area contributed by atoms with Crippen LogP contribution in [-0.2, 0) is 14.3 Å². The molecule has 0 aromatic heterocycles. The van der Waals surface area contributed by atoms with Gasteiger partial charge in [0.25, 0.3) is 0 Å². The van der Waals surface area contributed by atoms with E-state index in [1.165, 1.54) is 0 Å². The predicted octanol–water partition coefficient (Wildman–Crippen LogP) is 0.555. The van der Waals surface area contributed by atoms with Crippen molar-refractivity contribution in [3.8, 4) is 0 Å². The van der Waals surface area contributed by atoms with Gasteiger partial charge in [-0.05, 0) is 5.56 Å². The Kier molecular flexibility index (Phi) is 7.31. The van der Waals surface area contributed by atoms with Crippen molar-refractivity contribution in [2.75, 3.05) is 26.8 Å². The largest absolute Gasteiger partial charge is 0.481 e. The van der Waals surface area contributed by atoms with Gasteiger partial charge in [0.15, 0.2) is 0 Å². The molecular formula is C14H20N2O4. The molecule has 0 aliphatic carbocycles. The van der Waals surface area contributed by atoms with Crippen LogP contribution >= 0.6 is 0 Å². The number of rotatable bonds is 9. The standard InChI is InChI=1S/C14H20N2O4/c1-20-8-7-15-10-13(17)16-12(9-14(18)19)11-5-3-2-4-6-11/h2-6,12,15H,7-10H2,1H3,(H,16,17)(H,18,19). The van der Waals surface area contributed by atoms with E-state index in [2.05, 4.69) is 10.6 Å². The van der Waals surface area contributed by atoms with Crippen LogP contribution in [0.4, 0.5) is 0 Å². The van der Waals surface area contributed by atoms with Gasteiger partial charge in [0.2, 0.25) is 5.91 Å². The fourth-order valence-electron chi connectivity index (χ4n) is 1.73. The molecular weight excluding hydrogens is 260 g/mol. The van der Waals surface area contributed by atoms with Gasteiger partial charge in [-0.3, -0.25) is 9.59 Å². The SMILES string of the molecule is COCCNCC(=O)NC(CC(=O)O)c1ccccc1.